The van der Waals surface area contributed by atoms with Crippen molar-refractivity contribution in [2.24, 2.45) is 5.92 Å². The van der Waals surface area contributed by atoms with E-state index in [1.165, 1.54) is 31.3 Å². The lowest BCUT2D eigenvalue weighted by Crippen LogP contribution is -2.29. The molecule has 0 bridgehead atoms. The molecule has 0 aromatic heterocycles. The first kappa shape index (κ1) is 19.1. The molecule has 0 saturated carbocycles. The van der Waals surface area contributed by atoms with E-state index in [1.54, 1.807) is 0 Å². The molecule has 0 radical (unpaired) electrons. The molecule has 5 nitrogen and oxygen atoms in total. The summed E-state index contributed by atoms with van der Waals surface area (Å²) < 4.78 is 25.8. The van der Waals surface area contributed by atoms with E-state index >= 15 is 0 Å². The molecule has 1 amide bonds. The van der Waals surface area contributed by atoms with E-state index in [2.05, 4.69) is 23.9 Å². The zero-order chi connectivity index (χ0) is 18.4. The topological polar surface area (TPSA) is 75.3 Å². The number of rotatable bonds is 7. The fourth-order valence-electron chi connectivity index (χ4n) is 2.58. The highest BCUT2D eigenvalue weighted by atomic mass is 32.2. The molecule has 0 spiro atoms. The number of sulfonamides is 1. The number of hydrogen-bond donors (Lipinski definition) is 2. The molecule has 0 aliphatic carbocycles. The Hall–Kier alpha value is -2.18. The maximum Gasteiger partial charge on any atom is 0.251 e. The first-order valence-corrected chi connectivity index (χ1v) is 9.71. The summed E-state index contributed by atoms with van der Waals surface area (Å²) in [6, 6.07) is 15.7. The maximum absolute atomic E-state index is 12.6. The van der Waals surface area contributed by atoms with Crippen molar-refractivity contribution in [2.75, 3.05) is 7.05 Å². The van der Waals surface area contributed by atoms with E-state index in [0.717, 1.165) is 12.0 Å². The molecule has 2 rings (SSSR count). The van der Waals surface area contributed by atoms with Crippen LogP contribution in [0.1, 0.15) is 42.2 Å². The molecule has 25 heavy (non-hydrogen) atoms. The number of hydrogen-bond acceptors (Lipinski definition) is 3. The SMILES string of the molecule is CNS(=O)(=O)c1ccc(C(=O)NC(CC(C)C)c2ccccc2)cc1. The van der Waals surface area contributed by atoms with E-state index in [4.69, 9.17) is 0 Å². The van der Waals surface area contributed by atoms with Crippen LogP contribution in [0.3, 0.4) is 0 Å². The van der Waals surface area contributed by atoms with Gasteiger partial charge < -0.3 is 5.32 Å². The Labute approximate surface area is 149 Å². The van der Waals surface area contributed by atoms with Crippen LogP contribution in [0.25, 0.3) is 0 Å². The summed E-state index contributed by atoms with van der Waals surface area (Å²) in [6.45, 7) is 4.22. The lowest BCUT2D eigenvalue weighted by Gasteiger charge is -2.21. The van der Waals surface area contributed by atoms with E-state index in [0.29, 0.717) is 11.5 Å². The van der Waals surface area contributed by atoms with Crippen LogP contribution < -0.4 is 10.0 Å². The first-order chi connectivity index (χ1) is 11.8. The number of nitrogens with one attached hydrogen (secondary N) is 2. The van der Waals surface area contributed by atoms with Crippen LogP contribution in [0.2, 0.25) is 0 Å². The minimum Gasteiger partial charge on any atom is -0.345 e. The summed E-state index contributed by atoms with van der Waals surface area (Å²) >= 11 is 0. The highest BCUT2D eigenvalue weighted by Gasteiger charge is 2.18. The van der Waals surface area contributed by atoms with Gasteiger partial charge in [0.2, 0.25) is 10.0 Å². The predicted molar refractivity (Wildman–Crippen MR) is 98.8 cm³/mol. The first-order valence-electron chi connectivity index (χ1n) is 8.23. The molecule has 0 saturated heterocycles. The molecule has 2 aromatic carbocycles. The lowest BCUT2D eigenvalue weighted by molar-refractivity contribution is 0.0932. The molecule has 0 aliphatic rings. The normalized spacial score (nSPS) is 12.8. The van der Waals surface area contributed by atoms with Crippen LogP contribution in [0.5, 0.6) is 0 Å². The second-order valence-electron chi connectivity index (χ2n) is 6.30. The smallest absolute Gasteiger partial charge is 0.251 e. The van der Waals surface area contributed by atoms with E-state index in [9.17, 15) is 13.2 Å². The standard InChI is InChI=1S/C19H24N2O3S/c1-14(2)13-18(15-7-5-4-6-8-15)21-19(22)16-9-11-17(12-10-16)25(23,24)20-3/h4-12,14,18,20H,13H2,1-3H3,(H,21,22). The van der Waals surface area contributed by atoms with Gasteiger partial charge in [0.1, 0.15) is 0 Å². The monoisotopic (exact) mass is 360 g/mol. The Morgan fingerprint density at radius 3 is 2.12 bits per heavy atom. The van der Waals surface area contributed by atoms with Crippen LogP contribution in [0, 0.1) is 5.92 Å². The molecule has 2 N–H and O–H groups in total. The Morgan fingerprint density at radius 1 is 1.00 bits per heavy atom. The van der Waals surface area contributed by atoms with Gasteiger partial charge in [0.15, 0.2) is 0 Å². The molecule has 134 valence electrons. The molecule has 2 aromatic rings. The largest absolute Gasteiger partial charge is 0.345 e. The predicted octanol–water partition coefficient (Wildman–Crippen LogP) is 3.11. The van der Waals surface area contributed by atoms with Gasteiger partial charge in [-0.2, -0.15) is 0 Å². The van der Waals surface area contributed by atoms with Gasteiger partial charge in [0.05, 0.1) is 10.9 Å². The van der Waals surface area contributed by atoms with Gasteiger partial charge in [-0.3, -0.25) is 4.79 Å². The van der Waals surface area contributed by atoms with Crippen molar-refractivity contribution < 1.29 is 13.2 Å². The molecular weight excluding hydrogens is 336 g/mol. The van der Waals surface area contributed by atoms with Gasteiger partial charge >= 0.3 is 0 Å². The summed E-state index contributed by atoms with van der Waals surface area (Å²) in [6.07, 6.45) is 0.821. The lowest BCUT2D eigenvalue weighted by atomic mass is 9.96. The fraction of sp³-hybridized carbons (Fsp3) is 0.316. The van der Waals surface area contributed by atoms with Gasteiger partial charge in [-0.25, -0.2) is 13.1 Å². The second kappa shape index (κ2) is 8.27. The number of carbonyl (C=O) groups is 1. The van der Waals surface area contributed by atoms with Gasteiger partial charge in [0.25, 0.3) is 5.91 Å². The molecule has 6 heteroatoms. The van der Waals surface area contributed by atoms with Crippen molar-refractivity contribution in [3.05, 3.63) is 65.7 Å². The summed E-state index contributed by atoms with van der Waals surface area (Å²) in [5, 5.41) is 3.05. The Morgan fingerprint density at radius 2 is 1.60 bits per heavy atom. The third kappa shape index (κ3) is 5.14. The van der Waals surface area contributed by atoms with E-state index in [1.807, 2.05) is 30.3 Å². The number of carbonyl (C=O) groups excluding carboxylic acids is 1. The third-order valence-corrected chi connectivity index (χ3v) is 5.34. The van der Waals surface area contributed by atoms with Crippen molar-refractivity contribution in [2.45, 2.75) is 31.2 Å². The van der Waals surface area contributed by atoms with Crippen LogP contribution in [0.15, 0.2) is 59.5 Å². The van der Waals surface area contributed by atoms with Crippen molar-refractivity contribution in [3.8, 4) is 0 Å². The van der Waals surface area contributed by atoms with Crippen molar-refractivity contribution in [1.29, 1.82) is 0 Å². The highest BCUT2D eigenvalue weighted by Crippen LogP contribution is 2.22. The Kier molecular flexibility index (Phi) is 6.33. The minimum atomic E-state index is -3.50. The van der Waals surface area contributed by atoms with Crippen LogP contribution >= 0.6 is 0 Å². The summed E-state index contributed by atoms with van der Waals surface area (Å²) in [5.41, 5.74) is 1.48. The molecule has 0 aliphatic heterocycles. The Bertz CT molecular complexity index is 800. The van der Waals surface area contributed by atoms with Gasteiger partial charge in [-0.15, -0.1) is 0 Å². The second-order valence-corrected chi connectivity index (χ2v) is 8.18. The number of amides is 1. The highest BCUT2D eigenvalue weighted by molar-refractivity contribution is 7.89. The van der Waals surface area contributed by atoms with Crippen molar-refractivity contribution in [3.63, 3.8) is 0 Å². The Balaban J connectivity index is 2.18. The molecular formula is C19H24N2O3S. The van der Waals surface area contributed by atoms with E-state index < -0.39 is 10.0 Å². The fourth-order valence-corrected chi connectivity index (χ4v) is 3.31. The van der Waals surface area contributed by atoms with Gasteiger partial charge in [-0.05, 0) is 49.2 Å². The van der Waals surface area contributed by atoms with Gasteiger partial charge in [0, 0.05) is 5.56 Å². The summed E-state index contributed by atoms with van der Waals surface area (Å²) in [7, 11) is -2.15. The van der Waals surface area contributed by atoms with Crippen LogP contribution in [-0.4, -0.2) is 21.4 Å². The zero-order valence-electron chi connectivity index (χ0n) is 14.7. The number of benzene rings is 2. The third-order valence-electron chi connectivity index (χ3n) is 3.91. The summed E-state index contributed by atoms with van der Waals surface area (Å²) in [4.78, 5) is 12.7. The maximum atomic E-state index is 12.6. The average Bonchev–Trinajstić information content (AvgIpc) is 2.61. The van der Waals surface area contributed by atoms with Crippen molar-refractivity contribution in [1.82, 2.24) is 10.0 Å². The average molecular weight is 360 g/mol. The van der Waals surface area contributed by atoms with Crippen LogP contribution in [0.4, 0.5) is 0 Å². The zero-order valence-corrected chi connectivity index (χ0v) is 15.5. The van der Waals surface area contributed by atoms with Crippen LogP contribution in [-0.2, 0) is 10.0 Å². The van der Waals surface area contributed by atoms with Gasteiger partial charge in [-0.1, -0.05) is 44.2 Å². The minimum absolute atomic E-state index is 0.0885. The summed E-state index contributed by atoms with van der Waals surface area (Å²) in [5.74, 6) is 0.205. The van der Waals surface area contributed by atoms with E-state index in [-0.39, 0.29) is 16.8 Å². The van der Waals surface area contributed by atoms with Crippen molar-refractivity contribution >= 4 is 15.9 Å². The molecule has 1 atom stereocenters. The molecule has 0 heterocycles. The molecule has 0 fully saturated rings. The molecule has 1 unspecified atom stereocenters. The quantitative estimate of drug-likeness (QED) is 0.797.